The van der Waals surface area contributed by atoms with Crippen LogP contribution < -0.4 is 14.4 Å². The third-order valence-corrected chi connectivity index (χ3v) is 6.49. The second kappa shape index (κ2) is 10.8. The molecule has 0 radical (unpaired) electrons. The minimum Gasteiger partial charge on any atom is -0.497 e. The van der Waals surface area contributed by atoms with Gasteiger partial charge in [0.05, 0.1) is 22.6 Å². The van der Waals surface area contributed by atoms with E-state index in [0.29, 0.717) is 17.9 Å². The van der Waals surface area contributed by atoms with E-state index in [1.807, 2.05) is 6.92 Å². The third-order valence-electron chi connectivity index (χ3n) is 4.72. The molecule has 1 amide bonds. The van der Waals surface area contributed by atoms with Gasteiger partial charge in [-0.1, -0.05) is 25.8 Å². The molecule has 0 spiro atoms. The fraction of sp³-hybridized carbons (Fsp3) is 0.381. The van der Waals surface area contributed by atoms with Crippen LogP contribution in [0.4, 0.5) is 11.4 Å². The van der Waals surface area contributed by atoms with Crippen LogP contribution in [0, 0.1) is 17.0 Å². The van der Waals surface area contributed by atoms with Gasteiger partial charge in [0.2, 0.25) is 5.91 Å². The SMILES string of the molecule is CCCCCNC(=O)CN(c1ccc(OC)cc1)S(=O)(=O)c1ccc(C)c([N+](=O)[O-])c1. The lowest BCUT2D eigenvalue weighted by Gasteiger charge is -2.24. The average Bonchev–Trinajstić information content (AvgIpc) is 2.75. The fourth-order valence-corrected chi connectivity index (χ4v) is 4.37. The van der Waals surface area contributed by atoms with Crippen LogP contribution in [0.15, 0.2) is 47.4 Å². The molecule has 0 aliphatic rings. The number of carbonyl (C=O) groups is 1. The summed E-state index contributed by atoms with van der Waals surface area (Å²) in [6, 6.07) is 9.88. The van der Waals surface area contributed by atoms with E-state index >= 15 is 0 Å². The van der Waals surface area contributed by atoms with Crippen molar-refractivity contribution in [3.8, 4) is 5.75 Å². The van der Waals surface area contributed by atoms with E-state index in [2.05, 4.69) is 5.32 Å². The largest absolute Gasteiger partial charge is 0.497 e. The maximum absolute atomic E-state index is 13.4. The van der Waals surface area contributed by atoms with E-state index in [1.54, 1.807) is 12.1 Å². The fourth-order valence-electron chi connectivity index (χ4n) is 2.93. The van der Waals surface area contributed by atoms with E-state index < -0.39 is 27.4 Å². The van der Waals surface area contributed by atoms with Crippen molar-refractivity contribution >= 4 is 27.3 Å². The summed E-state index contributed by atoms with van der Waals surface area (Å²) in [6.45, 7) is 3.56. The number of anilines is 1. The van der Waals surface area contributed by atoms with Crippen molar-refractivity contribution in [3.05, 3.63) is 58.1 Å². The number of nitrogens with one attached hydrogen (secondary N) is 1. The number of benzene rings is 2. The van der Waals surface area contributed by atoms with Crippen LogP contribution >= 0.6 is 0 Å². The topological polar surface area (TPSA) is 119 Å². The summed E-state index contributed by atoms with van der Waals surface area (Å²) in [5.74, 6) is 0.0631. The summed E-state index contributed by atoms with van der Waals surface area (Å²) >= 11 is 0. The zero-order chi connectivity index (χ0) is 23.0. The zero-order valence-corrected chi connectivity index (χ0v) is 18.6. The summed E-state index contributed by atoms with van der Waals surface area (Å²) in [7, 11) is -2.76. The predicted molar refractivity (Wildman–Crippen MR) is 118 cm³/mol. The van der Waals surface area contributed by atoms with Crippen LogP contribution in [0.5, 0.6) is 5.75 Å². The molecule has 0 unspecified atom stereocenters. The summed E-state index contributed by atoms with van der Waals surface area (Å²) in [6.07, 6.45) is 2.74. The van der Waals surface area contributed by atoms with Gasteiger partial charge in [0.25, 0.3) is 15.7 Å². The van der Waals surface area contributed by atoms with Gasteiger partial charge in [-0.3, -0.25) is 19.2 Å². The molecule has 2 rings (SSSR count). The van der Waals surface area contributed by atoms with Crippen LogP contribution in [-0.2, 0) is 14.8 Å². The number of carbonyl (C=O) groups excluding carboxylic acids is 1. The quantitative estimate of drug-likeness (QED) is 0.319. The molecule has 1 N–H and O–H groups in total. The van der Waals surface area contributed by atoms with Crippen molar-refractivity contribution in [1.29, 1.82) is 0 Å². The monoisotopic (exact) mass is 449 g/mol. The molecule has 10 heteroatoms. The Kier molecular flexibility index (Phi) is 8.38. The summed E-state index contributed by atoms with van der Waals surface area (Å²) in [5.41, 5.74) is 0.279. The minimum atomic E-state index is -4.25. The number of methoxy groups -OCH3 is 1. The van der Waals surface area contributed by atoms with Gasteiger partial charge >= 0.3 is 0 Å². The Bertz CT molecular complexity index is 1020. The minimum absolute atomic E-state index is 0.243. The van der Waals surface area contributed by atoms with Gasteiger partial charge in [0.15, 0.2) is 0 Å². The Morgan fingerprint density at radius 1 is 1.16 bits per heavy atom. The lowest BCUT2D eigenvalue weighted by atomic mass is 10.2. The average molecular weight is 450 g/mol. The molecule has 0 aliphatic carbocycles. The Morgan fingerprint density at radius 2 is 1.84 bits per heavy atom. The number of hydrogen-bond donors (Lipinski definition) is 1. The van der Waals surface area contributed by atoms with Crippen LogP contribution in [-0.4, -0.2) is 39.4 Å². The maximum atomic E-state index is 13.4. The summed E-state index contributed by atoms with van der Waals surface area (Å²) < 4.78 is 32.8. The second-order valence-corrected chi connectivity index (χ2v) is 8.83. The highest BCUT2D eigenvalue weighted by molar-refractivity contribution is 7.92. The van der Waals surface area contributed by atoms with Gasteiger partial charge < -0.3 is 10.1 Å². The van der Waals surface area contributed by atoms with E-state index in [4.69, 9.17) is 4.74 Å². The molecule has 0 aliphatic heterocycles. The highest BCUT2D eigenvalue weighted by atomic mass is 32.2. The van der Waals surface area contributed by atoms with Crippen LogP contribution in [0.1, 0.15) is 31.7 Å². The molecule has 0 saturated carbocycles. The van der Waals surface area contributed by atoms with Crippen molar-refractivity contribution in [2.45, 2.75) is 38.0 Å². The van der Waals surface area contributed by atoms with Crippen molar-refractivity contribution in [1.82, 2.24) is 5.32 Å². The number of sulfonamides is 1. The van der Waals surface area contributed by atoms with Gasteiger partial charge in [0, 0.05) is 18.2 Å². The number of rotatable bonds is 11. The normalized spacial score (nSPS) is 11.1. The van der Waals surface area contributed by atoms with Gasteiger partial charge in [0.1, 0.15) is 12.3 Å². The number of ether oxygens (including phenoxy) is 1. The molecule has 168 valence electrons. The predicted octanol–water partition coefficient (Wildman–Crippen LogP) is 3.41. The number of nitrogens with zero attached hydrogens (tertiary/aromatic N) is 2. The Morgan fingerprint density at radius 3 is 2.42 bits per heavy atom. The molecular formula is C21H27N3O6S. The van der Waals surface area contributed by atoms with Gasteiger partial charge in [-0.2, -0.15) is 0 Å². The molecule has 2 aromatic rings. The van der Waals surface area contributed by atoms with E-state index in [9.17, 15) is 23.3 Å². The zero-order valence-electron chi connectivity index (χ0n) is 17.8. The van der Waals surface area contributed by atoms with Gasteiger partial charge in [-0.15, -0.1) is 0 Å². The van der Waals surface area contributed by atoms with Crippen molar-refractivity contribution in [2.24, 2.45) is 0 Å². The first-order valence-corrected chi connectivity index (χ1v) is 11.3. The molecule has 2 aromatic carbocycles. The van der Waals surface area contributed by atoms with Crippen LogP contribution in [0.2, 0.25) is 0 Å². The van der Waals surface area contributed by atoms with E-state index in [1.165, 1.54) is 38.3 Å². The lowest BCUT2D eigenvalue weighted by molar-refractivity contribution is -0.385. The number of aryl methyl sites for hydroxylation is 1. The first kappa shape index (κ1) is 24.1. The molecule has 0 bridgehead atoms. The van der Waals surface area contributed by atoms with Crippen LogP contribution in [0.25, 0.3) is 0 Å². The standard InChI is InChI=1S/C21H27N3O6S/c1-4-5-6-13-22-21(25)15-23(17-8-10-18(30-3)11-9-17)31(28,29)19-12-7-16(2)20(14-19)24(26)27/h7-12,14H,4-6,13,15H2,1-3H3,(H,22,25). The number of unbranched alkanes of at least 4 members (excludes halogenated alkanes) is 2. The Hall–Kier alpha value is -3.14. The molecule has 0 fully saturated rings. The molecule has 0 aromatic heterocycles. The highest BCUT2D eigenvalue weighted by Crippen LogP contribution is 2.28. The van der Waals surface area contributed by atoms with Crippen molar-refractivity contribution in [2.75, 3.05) is 24.5 Å². The Balaban J connectivity index is 2.41. The number of amides is 1. The van der Waals surface area contributed by atoms with E-state index in [-0.39, 0.29) is 16.3 Å². The van der Waals surface area contributed by atoms with Crippen LogP contribution in [0.3, 0.4) is 0 Å². The molecule has 0 saturated heterocycles. The van der Waals surface area contributed by atoms with Crippen molar-refractivity contribution in [3.63, 3.8) is 0 Å². The molecule has 31 heavy (non-hydrogen) atoms. The van der Waals surface area contributed by atoms with E-state index in [0.717, 1.165) is 29.6 Å². The smallest absolute Gasteiger partial charge is 0.273 e. The maximum Gasteiger partial charge on any atom is 0.273 e. The molecule has 0 atom stereocenters. The second-order valence-electron chi connectivity index (χ2n) is 6.97. The summed E-state index contributed by atoms with van der Waals surface area (Å²) in [4.78, 5) is 22.9. The highest BCUT2D eigenvalue weighted by Gasteiger charge is 2.29. The molecular weight excluding hydrogens is 422 g/mol. The number of hydrogen-bond acceptors (Lipinski definition) is 6. The Labute approximate surface area is 182 Å². The third kappa shape index (κ3) is 6.17. The first-order valence-electron chi connectivity index (χ1n) is 9.89. The molecule has 9 nitrogen and oxygen atoms in total. The number of nitro groups is 1. The van der Waals surface area contributed by atoms with Gasteiger partial charge in [-0.25, -0.2) is 8.42 Å². The van der Waals surface area contributed by atoms with Crippen molar-refractivity contribution < 1.29 is 22.9 Å². The first-order chi connectivity index (χ1) is 14.7. The molecule has 0 heterocycles. The lowest BCUT2D eigenvalue weighted by Crippen LogP contribution is -2.41. The number of nitro benzene ring substituents is 1. The van der Waals surface area contributed by atoms with Gasteiger partial charge in [-0.05, 0) is 43.7 Å². The summed E-state index contributed by atoms with van der Waals surface area (Å²) in [5, 5.41) is 14.0.